The van der Waals surface area contributed by atoms with Crippen molar-refractivity contribution in [2.45, 2.75) is 6.92 Å². The van der Waals surface area contributed by atoms with Crippen LogP contribution in [0.25, 0.3) is 16.6 Å². The number of hydrogen-bond donors (Lipinski definition) is 2. The molecule has 0 saturated carbocycles. The first kappa shape index (κ1) is 7.92. The Morgan fingerprint density at radius 1 is 1.46 bits per heavy atom. The first-order valence-electron chi connectivity index (χ1n) is 4.21. The van der Waals surface area contributed by atoms with E-state index in [2.05, 4.69) is 36.7 Å². The summed E-state index contributed by atoms with van der Waals surface area (Å²) in [6.07, 6.45) is 1.90. The highest BCUT2D eigenvalue weighted by Gasteiger charge is 2.03. The first-order valence-corrected chi connectivity index (χ1v) is 4.21. The van der Waals surface area contributed by atoms with E-state index < -0.39 is 0 Å². The monoisotopic (exact) mass is 172 g/mol. The third kappa shape index (κ3) is 1.20. The van der Waals surface area contributed by atoms with Gasteiger partial charge in [0.2, 0.25) is 0 Å². The number of aromatic nitrogens is 1. The zero-order valence-corrected chi connectivity index (χ0v) is 7.59. The second kappa shape index (κ2) is 2.66. The molecule has 66 valence electrons. The molecule has 0 fully saturated rings. The lowest BCUT2D eigenvalue weighted by atomic mass is 10.1. The molecule has 0 aliphatic rings. The van der Waals surface area contributed by atoms with Crippen molar-refractivity contribution in [2.75, 3.05) is 0 Å². The molecule has 3 N–H and O–H groups in total. The van der Waals surface area contributed by atoms with Crippen LogP contribution >= 0.6 is 0 Å². The maximum Gasteiger partial charge on any atom is 0.0461 e. The van der Waals surface area contributed by atoms with Gasteiger partial charge in [0.25, 0.3) is 0 Å². The number of H-pyrrole nitrogens is 1. The summed E-state index contributed by atoms with van der Waals surface area (Å²) in [5, 5.41) is 1.15. The van der Waals surface area contributed by atoms with Crippen LogP contribution < -0.4 is 5.73 Å². The van der Waals surface area contributed by atoms with Crippen molar-refractivity contribution in [2.24, 2.45) is 5.73 Å². The molecule has 0 bridgehead atoms. The Labute approximate surface area is 77.1 Å². The Balaban J connectivity index is 2.79. The van der Waals surface area contributed by atoms with Gasteiger partial charge in [0.1, 0.15) is 0 Å². The van der Waals surface area contributed by atoms with Crippen LogP contribution in [0.4, 0.5) is 0 Å². The number of nitrogens with one attached hydrogen (secondary N) is 1. The highest BCUT2D eigenvalue weighted by Crippen LogP contribution is 2.22. The summed E-state index contributed by atoms with van der Waals surface area (Å²) in [5.41, 5.74) is 9.60. The van der Waals surface area contributed by atoms with Gasteiger partial charge in [0.05, 0.1) is 0 Å². The number of fused-ring (bicyclic) bond motifs is 1. The van der Waals surface area contributed by atoms with Gasteiger partial charge in [-0.3, -0.25) is 0 Å². The quantitative estimate of drug-likeness (QED) is 0.681. The van der Waals surface area contributed by atoms with E-state index in [1.54, 1.807) is 0 Å². The molecule has 0 unspecified atom stereocenters. The summed E-state index contributed by atoms with van der Waals surface area (Å²) in [6, 6.07) is 6.23. The highest BCUT2D eigenvalue weighted by atomic mass is 14.7. The molecule has 0 atom stereocenters. The van der Waals surface area contributed by atoms with Gasteiger partial charge in [-0.1, -0.05) is 18.2 Å². The fourth-order valence-electron chi connectivity index (χ4n) is 1.50. The van der Waals surface area contributed by atoms with E-state index in [1.165, 1.54) is 5.56 Å². The zero-order chi connectivity index (χ0) is 9.42. The van der Waals surface area contributed by atoms with Crippen LogP contribution in [0.1, 0.15) is 11.1 Å². The van der Waals surface area contributed by atoms with Gasteiger partial charge in [-0.2, -0.15) is 0 Å². The molecule has 1 aromatic heterocycles. The lowest BCUT2D eigenvalue weighted by Gasteiger charge is -1.97. The zero-order valence-electron chi connectivity index (χ0n) is 7.59. The molecule has 0 saturated heterocycles. The SMILES string of the molecule is C=C(N)c1c[nH]c2ccc(C)cc12. The topological polar surface area (TPSA) is 41.8 Å². The Kier molecular flexibility index (Phi) is 1.62. The summed E-state index contributed by atoms with van der Waals surface area (Å²) in [4.78, 5) is 3.16. The second-order valence-corrected chi connectivity index (χ2v) is 3.28. The van der Waals surface area contributed by atoms with Crippen LogP contribution in [0.15, 0.2) is 31.0 Å². The van der Waals surface area contributed by atoms with Crippen LogP contribution in [0.5, 0.6) is 0 Å². The van der Waals surface area contributed by atoms with E-state index >= 15 is 0 Å². The minimum atomic E-state index is 0.608. The van der Waals surface area contributed by atoms with Crippen molar-refractivity contribution in [1.82, 2.24) is 4.98 Å². The van der Waals surface area contributed by atoms with E-state index in [1.807, 2.05) is 6.20 Å². The Morgan fingerprint density at radius 3 is 2.92 bits per heavy atom. The molecule has 0 spiro atoms. The molecule has 2 aromatic rings. The van der Waals surface area contributed by atoms with Crippen molar-refractivity contribution in [3.8, 4) is 0 Å². The molecular weight excluding hydrogens is 160 g/mol. The normalized spacial score (nSPS) is 10.5. The molecule has 0 amide bonds. The molecule has 2 nitrogen and oxygen atoms in total. The van der Waals surface area contributed by atoms with Gasteiger partial charge in [0, 0.05) is 28.4 Å². The molecule has 0 radical (unpaired) electrons. The van der Waals surface area contributed by atoms with Crippen LogP contribution in [0.2, 0.25) is 0 Å². The van der Waals surface area contributed by atoms with Crippen LogP contribution in [-0.4, -0.2) is 4.98 Å². The lowest BCUT2D eigenvalue weighted by Crippen LogP contribution is -1.91. The Hall–Kier alpha value is -1.70. The maximum atomic E-state index is 5.66. The fourth-order valence-corrected chi connectivity index (χ4v) is 1.50. The molecule has 1 heterocycles. The summed E-state index contributed by atoms with van der Waals surface area (Å²) in [5.74, 6) is 0. The van der Waals surface area contributed by atoms with Crippen molar-refractivity contribution in [3.63, 3.8) is 0 Å². The predicted octanol–water partition coefficient (Wildman–Crippen LogP) is 2.41. The summed E-state index contributed by atoms with van der Waals surface area (Å²) in [6.45, 7) is 5.80. The highest BCUT2D eigenvalue weighted by molar-refractivity contribution is 5.91. The number of aryl methyl sites for hydroxylation is 1. The average Bonchev–Trinajstić information content (AvgIpc) is 2.46. The third-order valence-electron chi connectivity index (χ3n) is 2.18. The summed E-state index contributed by atoms with van der Waals surface area (Å²) in [7, 11) is 0. The van der Waals surface area contributed by atoms with Gasteiger partial charge in [-0.05, 0) is 19.1 Å². The molecule has 0 aliphatic carbocycles. The average molecular weight is 172 g/mol. The summed E-state index contributed by atoms with van der Waals surface area (Å²) >= 11 is 0. The molecule has 13 heavy (non-hydrogen) atoms. The molecule has 1 aromatic carbocycles. The number of aromatic amines is 1. The second-order valence-electron chi connectivity index (χ2n) is 3.28. The fraction of sp³-hybridized carbons (Fsp3) is 0.0909. The van der Waals surface area contributed by atoms with Gasteiger partial charge in [-0.25, -0.2) is 0 Å². The Morgan fingerprint density at radius 2 is 2.23 bits per heavy atom. The van der Waals surface area contributed by atoms with Crippen molar-refractivity contribution < 1.29 is 0 Å². The van der Waals surface area contributed by atoms with Crippen LogP contribution in [0.3, 0.4) is 0 Å². The minimum Gasteiger partial charge on any atom is -0.399 e. The molecular formula is C11H12N2. The van der Waals surface area contributed by atoms with E-state index in [0.29, 0.717) is 5.70 Å². The van der Waals surface area contributed by atoms with Crippen molar-refractivity contribution >= 4 is 16.6 Å². The van der Waals surface area contributed by atoms with Crippen LogP contribution in [-0.2, 0) is 0 Å². The van der Waals surface area contributed by atoms with Gasteiger partial charge >= 0.3 is 0 Å². The molecule has 2 rings (SSSR count). The first-order chi connectivity index (χ1) is 6.18. The number of nitrogens with two attached hydrogens (primary N) is 1. The van der Waals surface area contributed by atoms with E-state index in [9.17, 15) is 0 Å². The van der Waals surface area contributed by atoms with Gasteiger partial charge < -0.3 is 10.7 Å². The predicted molar refractivity (Wildman–Crippen MR) is 56.3 cm³/mol. The van der Waals surface area contributed by atoms with E-state index in [0.717, 1.165) is 16.5 Å². The van der Waals surface area contributed by atoms with Gasteiger partial charge in [-0.15, -0.1) is 0 Å². The minimum absolute atomic E-state index is 0.608. The lowest BCUT2D eigenvalue weighted by molar-refractivity contribution is 1.44. The maximum absolute atomic E-state index is 5.66. The molecule has 0 aliphatic heterocycles. The number of benzene rings is 1. The smallest absolute Gasteiger partial charge is 0.0461 e. The van der Waals surface area contributed by atoms with E-state index in [4.69, 9.17) is 5.73 Å². The van der Waals surface area contributed by atoms with Crippen molar-refractivity contribution in [3.05, 3.63) is 42.1 Å². The van der Waals surface area contributed by atoms with E-state index in [-0.39, 0.29) is 0 Å². The third-order valence-corrected chi connectivity index (χ3v) is 2.18. The standard InChI is InChI=1S/C11H12N2/c1-7-3-4-11-9(5-7)10(6-13-11)8(2)12/h3-6,13H,2,12H2,1H3. The van der Waals surface area contributed by atoms with Gasteiger partial charge in [0.15, 0.2) is 0 Å². The molecule has 2 heteroatoms. The largest absolute Gasteiger partial charge is 0.399 e. The van der Waals surface area contributed by atoms with Crippen LogP contribution in [0, 0.1) is 6.92 Å². The Bertz CT molecular complexity index is 466. The number of rotatable bonds is 1. The number of hydrogen-bond acceptors (Lipinski definition) is 1. The van der Waals surface area contributed by atoms with Crippen molar-refractivity contribution in [1.29, 1.82) is 0 Å². The summed E-state index contributed by atoms with van der Waals surface area (Å²) < 4.78 is 0.